The Morgan fingerprint density at radius 1 is 1.07 bits per heavy atom. The summed E-state index contributed by atoms with van der Waals surface area (Å²) in [6.07, 6.45) is 10.3. The molecular formula is C19H19N9OS. The molecule has 10 nitrogen and oxygen atoms in total. The van der Waals surface area contributed by atoms with Crippen LogP contribution in [-0.4, -0.2) is 48.5 Å². The largest absolute Gasteiger partial charge is 0.365 e. The van der Waals surface area contributed by atoms with Crippen molar-refractivity contribution >= 4 is 40.3 Å². The van der Waals surface area contributed by atoms with Gasteiger partial charge in [-0.3, -0.25) is 4.79 Å². The molecule has 4 aromatic heterocycles. The average molecular weight is 421 g/mol. The van der Waals surface area contributed by atoms with Gasteiger partial charge in [0.05, 0.1) is 34.8 Å². The average Bonchev–Trinajstić information content (AvgIpc) is 3.46. The molecule has 11 heteroatoms. The number of piperidine rings is 1. The number of nitrogens with two attached hydrogens (primary N) is 1. The zero-order chi connectivity index (χ0) is 20.5. The van der Waals surface area contributed by atoms with E-state index in [1.165, 1.54) is 36.9 Å². The third kappa shape index (κ3) is 3.43. The van der Waals surface area contributed by atoms with Crippen LogP contribution >= 0.6 is 11.3 Å². The van der Waals surface area contributed by atoms with Gasteiger partial charge in [0.25, 0.3) is 5.91 Å². The molecule has 0 atom stereocenters. The Kier molecular flexibility index (Phi) is 4.71. The zero-order valence-corrected chi connectivity index (χ0v) is 16.8. The molecule has 0 saturated carbocycles. The molecular weight excluding hydrogens is 402 g/mol. The van der Waals surface area contributed by atoms with E-state index in [0.717, 1.165) is 24.6 Å². The Bertz CT molecular complexity index is 1190. The molecule has 1 amide bonds. The Balaban J connectivity index is 1.41. The number of amides is 1. The van der Waals surface area contributed by atoms with Gasteiger partial charge in [0, 0.05) is 24.0 Å². The molecule has 0 bridgehead atoms. The number of primary amides is 1. The molecule has 5 heterocycles. The number of anilines is 3. The van der Waals surface area contributed by atoms with E-state index in [4.69, 9.17) is 5.73 Å². The molecule has 5 rings (SSSR count). The first-order chi connectivity index (χ1) is 14.7. The van der Waals surface area contributed by atoms with E-state index in [1.54, 1.807) is 29.2 Å². The van der Waals surface area contributed by atoms with Crippen LogP contribution in [0.1, 0.15) is 28.9 Å². The van der Waals surface area contributed by atoms with Gasteiger partial charge in [-0.2, -0.15) is 5.10 Å². The molecule has 30 heavy (non-hydrogen) atoms. The maximum Gasteiger partial charge on any atom is 0.258 e. The van der Waals surface area contributed by atoms with E-state index in [-0.39, 0.29) is 0 Å². The van der Waals surface area contributed by atoms with Crippen molar-refractivity contribution in [1.82, 2.24) is 29.5 Å². The van der Waals surface area contributed by atoms with Gasteiger partial charge in [-0.15, -0.1) is 11.3 Å². The Hall–Kier alpha value is -3.60. The number of nitrogens with zero attached hydrogens (tertiary/aromatic N) is 7. The molecule has 0 aliphatic carbocycles. The molecule has 0 unspecified atom stereocenters. The maximum absolute atomic E-state index is 11.4. The zero-order valence-electron chi connectivity index (χ0n) is 16.0. The highest BCUT2D eigenvalue weighted by Gasteiger charge is 2.16. The van der Waals surface area contributed by atoms with Gasteiger partial charge in [0.1, 0.15) is 6.33 Å². The van der Waals surface area contributed by atoms with Crippen molar-refractivity contribution in [2.24, 2.45) is 5.73 Å². The van der Waals surface area contributed by atoms with Crippen LogP contribution in [0.2, 0.25) is 0 Å². The van der Waals surface area contributed by atoms with Gasteiger partial charge >= 0.3 is 0 Å². The van der Waals surface area contributed by atoms with Crippen molar-refractivity contribution in [2.75, 3.05) is 23.3 Å². The maximum atomic E-state index is 11.4. The van der Waals surface area contributed by atoms with E-state index < -0.39 is 5.91 Å². The standard InChI is InChI=1S/C19H19N9OS/c20-16(29)15-6-12(10-30-15)14-9-21-17(18-24-11-25-28(14)18)26-13-7-22-19(23-8-13)27-4-2-1-3-5-27/h6-11H,1-5H2,(H2,20,29)(H,21,26). The van der Waals surface area contributed by atoms with E-state index in [2.05, 4.69) is 35.3 Å². The van der Waals surface area contributed by atoms with Gasteiger partial charge in [-0.25, -0.2) is 24.5 Å². The smallest absolute Gasteiger partial charge is 0.258 e. The molecule has 0 radical (unpaired) electrons. The molecule has 3 N–H and O–H groups in total. The number of nitrogens with one attached hydrogen (secondary N) is 1. The normalized spacial score (nSPS) is 14.2. The van der Waals surface area contributed by atoms with Crippen LogP contribution in [0.4, 0.5) is 17.5 Å². The fourth-order valence-corrected chi connectivity index (χ4v) is 4.24. The van der Waals surface area contributed by atoms with Gasteiger partial charge < -0.3 is 16.0 Å². The monoisotopic (exact) mass is 421 g/mol. The summed E-state index contributed by atoms with van der Waals surface area (Å²) in [5.41, 5.74) is 8.15. The second-order valence-electron chi connectivity index (χ2n) is 7.00. The van der Waals surface area contributed by atoms with Crippen LogP contribution in [0.3, 0.4) is 0 Å². The molecule has 1 aliphatic heterocycles. The summed E-state index contributed by atoms with van der Waals surface area (Å²) in [7, 11) is 0. The SMILES string of the molecule is NC(=O)c1cc(-c2cnc(Nc3cnc(N4CCCCC4)nc3)c3ncnn23)cs1. The van der Waals surface area contributed by atoms with Crippen molar-refractivity contribution in [2.45, 2.75) is 19.3 Å². The molecule has 4 aromatic rings. The number of thiophene rings is 1. The fourth-order valence-electron chi connectivity index (χ4n) is 3.48. The van der Waals surface area contributed by atoms with Crippen molar-refractivity contribution in [3.63, 3.8) is 0 Å². The van der Waals surface area contributed by atoms with Gasteiger partial charge in [-0.05, 0) is 25.3 Å². The van der Waals surface area contributed by atoms with Crippen molar-refractivity contribution in [3.05, 3.63) is 41.2 Å². The summed E-state index contributed by atoms with van der Waals surface area (Å²) in [5, 5.41) is 9.36. The van der Waals surface area contributed by atoms with Crippen LogP contribution in [0.25, 0.3) is 16.9 Å². The Morgan fingerprint density at radius 3 is 2.60 bits per heavy atom. The lowest BCUT2D eigenvalue weighted by Crippen LogP contribution is -2.30. The van der Waals surface area contributed by atoms with Gasteiger partial charge in [0.15, 0.2) is 11.5 Å². The lowest BCUT2D eigenvalue weighted by atomic mass is 10.1. The van der Waals surface area contributed by atoms with E-state index in [9.17, 15) is 4.79 Å². The van der Waals surface area contributed by atoms with E-state index in [0.29, 0.717) is 27.7 Å². The number of carbonyl (C=O) groups excluding carboxylic acids is 1. The Labute approximate surface area is 175 Å². The topological polar surface area (TPSA) is 127 Å². The second kappa shape index (κ2) is 7.67. The number of rotatable bonds is 5. The summed E-state index contributed by atoms with van der Waals surface area (Å²) in [6.45, 7) is 1.99. The summed E-state index contributed by atoms with van der Waals surface area (Å²) in [5.74, 6) is 0.829. The minimum atomic E-state index is -0.458. The molecule has 1 fully saturated rings. The highest BCUT2D eigenvalue weighted by Crippen LogP contribution is 2.28. The van der Waals surface area contributed by atoms with Gasteiger partial charge in [-0.1, -0.05) is 0 Å². The highest BCUT2D eigenvalue weighted by atomic mass is 32.1. The third-order valence-corrected chi connectivity index (χ3v) is 5.93. The number of hydrogen-bond acceptors (Lipinski definition) is 9. The first-order valence-electron chi connectivity index (χ1n) is 9.60. The van der Waals surface area contributed by atoms with Crippen LogP contribution in [0.15, 0.2) is 36.4 Å². The minimum Gasteiger partial charge on any atom is -0.365 e. The van der Waals surface area contributed by atoms with E-state index >= 15 is 0 Å². The van der Waals surface area contributed by atoms with Crippen LogP contribution in [0.5, 0.6) is 0 Å². The van der Waals surface area contributed by atoms with Crippen molar-refractivity contribution in [3.8, 4) is 11.3 Å². The number of hydrogen-bond donors (Lipinski definition) is 2. The number of carbonyl (C=O) groups is 1. The lowest BCUT2D eigenvalue weighted by Gasteiger charge is -2.26. The van der Waals surface area contributed by atoms with Crippen LogP contribution in [-0.2, 0) is 0 Å². The molecule has 1 aliphatic rings. The summed E-state index contributed by atoms with van der Waals surface area (Å²) >= 11 is 1.28. The predicted molar refractivity (Wildman–Crippen MR) is 114 cm³/mol. The highest BCUT2D eigenvalue weighted by molar-refractivity contribution is 7.12. The fraction of sp³-hybridized carbons (Fsp3) is 0.263. The van der Waals surface area contributed by atoms with E-state index in [1.807, 2.05) is 5.38 Å². The number of fused-ring (bicyclic) bond motifs is 1. The molecule has 1 saturated heterocycles. The number of aromatic nitrogens is 6. The summed E-state index contributed by atoms with van der Waals surface area (Å²) in [6, 6.07) is 1.73. The quantitative estimate of drug-likeness (QED) is 0.503. The second-order valence-corrected chi connectivity index (χ2v) is 7.91. The third-order valence-electron chi connectivity index (χ3n) is 4.98. The van der Waals surface area contributed by atoms with Crippen molar-refractivity contribution in [1.29, 1.82) is 0 Å². The van der Waals surface area contributed by atoms with Gasteiger partial charge in [0.2, 0.25) is 5.95 Å². The predicted octanol–water partition coefficient (Wildman–Crippen LogP) is 2.48. The first kappa shape index (κ1) is 18.4. The van der Waals surface area contributed by atoms with Crippen LogP contribution in [0, 0.1) is 0 Å². The molecule has 0 spiro atoms. The first-order valence-corrected chi connectivity index (χ1v) is 10.5. The summed E-state index contributed by atoms with van der Waals surface area (Å²) < 4.78 is 1.67. The van der Waals surface area contributed by atoms with Crippen LogP contribution < -0.4 is 16.0 Å². The molecule has 0 aromatic carbocycles. The minimum absolute atomic E-state index is 0.458. The Morgan fingerprint density at radius 2 is 1.87 bits per heavy atom. The molecule has 152 valence electrons. The van der Waals surface area contributed by atoms with Crippen molar-refractivity contribution < 1.29 is 4.79 Å². The summed E-state index contributed by atoms with van der Waals surface area (Å²) in [4.78, 5) is 31.9. The lowest BCUT2D eigenvalue weighted by molar-refractivity contribution is 0.100.